The molecule has 1 heterocycles. The molecule has 0 saturated heterocycles. The van der Waals surface area contributed by atoms with Crippen LogP contribution in [0.5, 0.6) is 0 Å². The summed E-state index contributed by atoms with van der Waals surface area (Å²) in [6.07, 6.45) is 7.15. The van der Waals surface area contributed by atoms with Gasteiger partial charge in [0.25, 0.3) is 0 Å². The maximum Gasteiger partial charge on any atom is 0.145 e. The van der Waals surface area contributed by atoms with E-state index in [4.69, 9.17) is 0 Å². The van der Waals surface area contributed by atoms with Gasteiger partial charge in [-0.15, -0.1) is 0 Å². The molecule has 1 atom stereocenters. The Balaban J connectivity index is 2.44. The summed E-state index contributed by atoms with van der Waals surface area (Å²) in [6.45, 7) is 1.86. The SMILES string of the molecule is CC1(c2ncccc2F)C=CC=C(O)C1. The standard InChI is InChI=1S/C12H12FNO/c1-12(6-2-4-9(15)8-12)11-10(13)5-3-7-14-11/h2-7,15H,8H2,1H3. The van der Waals surface area contributed by atoms with Gasteiger partial charge in [0.2, 0.25) is 0 Å². The minimum Gasteiger partial charge on any atom is -0.512 e. The fraction of sp³-hybridized carbons (Fsp3) is 0.250. The van der Waals surface area contributed by atoms with Crippen LogP contribution in [0.15, 0.2) is 42.3 Å². The summed E-state index contributed by atoms with van der Waals surface area (Å²) in [7, 11) is 0. The summed E-state index contributed by atoms with van der Waals surface area (Å²) >= 11 is 0. The number of hydrogen-bond donors (Lipinski definition) is 1. The van der Waals surface area contributed by atoms with Crippen LogP contribution in [0.3, 0.4) is 0 Å². The van der Waals surface area contributed by atoms with Crippen molar-refractivity contribution in [2.24, 2.45) is 0 Å². The summed E-state index contributed by atoms with van der Waals surface area (Å²) in [5.41, 5.74) is -0.176. The third kappa shape index (κ3) is 1.77. The number of hydrogen-bond acceptors (Lipinski definition) is 2. The average molecular weight is 205 g/mol. The minimum absolute atomic E-state index is 0.255. The summed E-state index contributed by atoms with van der Waals surface area (Å²) in [6, 6.07) is 2.95. The zero-order chi connectivity index (χ0) is 10.9. The zero-order valence-corrected chi connectivity index (χ0v) is 8.44. The van der Waals surface area contributed by atoms with Gasteiger partial charge in [-0.2, -0.15) is 0 Å². The van der Waals surface area contributed by atoms with Gasteiger partial charge in [0, 0.05) is 18.0 Å². The molecule has 0 fully saturated rings. The van der Waals surface area contributed by atoms with Crippen LogP contribution >= 0.6 is 0 Å². The van der Waals surface area contributed by atoms with Crippen LogP contribution < -0.4 is 0 Å². The van der Waals surface area contributed by atoms with Crippen molar-refractivity contribution in [2.75, 3.05) is 0 Å². The van der Waals surface area contributed by atoms with E-state index in [0.717, 1.165) is 0 Å². The van der Waals surface area contributed by atoms with Crippen molar-refractivity contribution in [3.05, 3.63) is 53.8 Å². The largest absolute Gasteiger partial charge is 0.512 e. The Bertz CT molecular complexity index is 439. The Labute approximate surface area is 87.8 Å². The fourth-order valence-electron chi connectivity index (χ4n) is 1.83. The highest BCUT2D eigenvalue weighted by Crippen LogP contribution is 2.34. The second-order valence-electron chi connectivity index (χ2n) is 3.95. The molecule has 1 aromatic rings. The molecule has 0 radical (unpaired) electrons. The van der Waals surface area contributed by atoms with Gasteiger partial charge in [0.05, 0.1) is 11.5 Å². The van der Waals surface area contributed by atoms with Gasteiger partial charge in [0.1, 0.15) is 5.82 Å². The number of nitrogens with zero attached hydrogens (tertiary/aromatic N) is 1. The van der Waals surface area contributed by atoms with E-state index in [1.165, 1.54) is 6.07 Å². The third-order valence-electron chi connectivity index (χ3n) is 2.60. The highest BCUT2D eigenvalue weighted by Gasteiger charge is 2.30. The minimum atomic E-state index is -0.551. The molecular formula is C12H12FNO. The summed E-state index contributed by atoms with van der Waals surface area (Å²) in [4.78, 5) is 4.04. The quantitative estimate of drug-likeness (QED) is 0.764. The fourth-order valence-corrected chi connectivity index (χ4v) is 1.83. The molecule has 0 bridgehead atoms. The highest BCUT2D eigenvalue weighted by molar-refractivity contribution is 5.32. The van der Waals surface area contributed by atoms with E-state index in [1.807, 2.05) is 13.0 Å². The Hall–Kier alpha value is -1.64. The van der Waals surface area contributed by atoms with E-state index in [-0.39, 0.29) is 11.6 Å². The Kier molecular flexibility index (Phi) is 2.31. The summed E-state index contributed by atoms with van der Waals surface area (Å²) < 4.78 is 13.5. The third-order valence-corrected chi connectivity index (χ3v) is 2.60. The smallest absolute Gasteiger partial charge is 0.145 e. The van der Waals surface area contributed by atoms with Gasteiger partial charge < -0.3 is 5.11 Å². The Morgan fingerprint density at radius 3 is 3.00 bits per heavy atom. The first kappa shape index (κ1) is 9.90. The first-order valence-electron chi connectivity index (χ1n) is 4.80. The lowest BCUT2D eigenvalue weighted by atomic mass is 9.79. The zero-order valence-electron chi connectivity index (χ0n) is 8.44. The van der Waals surface area contributed by atoms with Gasteiger partial charge in [-0.3, -0.25) is 4.98 Å². The van der Waals surface area contributed by atoms with Crippen LogP contribution in [-0.4, -0.2) is 10.1 Å². The van der Waals surface area contributed by atoms with Gasteiger partial charge >= 0.3 is 0 Å². The number of aromatic nitrogens is 1. The molecule has 1 aromatic heterocycles. The predicted octanol–water partition coefficient (Wildman–Crippen LogP) is 2.88. The lowest BCUT2D eigenvalue weighted by molar-refractivity contribution is 0.346. The first-order chi connectivity index (χ1) is 7.12. The van der Waals surface area contributed by atoms with Gasteiger partial charge in [-0.05, 0) is 25.1 Å². The molecule has 3 heteroatoms. The van der Waals surface area contributed by atoms with Crippen molar-refractivity contribution in [2.45, 2.75) is 18.8 Å². The molecule has 1 aliphatic carbocycles. The predicted molar refractivity (Wildman–Crippen MR) is 56.0 cm³/mol. The second kappa shape index (κ2) is 3.50. The molecule has 2 nitrogen and oxygen atoms in total. The molecule has 0 saturated carbocycles. The molecule has 0 aliphatic heterocycles. The molecule has 78 valence electrons. The number of pyridine rings is 1. The van der Waals surface area contributed by atoms with E-state index in [1.54, 1.807) is 24.4 Å². The highest BCUT2D eigenvalue weighted by atomic mass is 19.1. The number of aliphatic hydroxyl groups excluding tert-OH is 1. The molecule has 1 N–H and O–H groups in total. The van der Waals surface area contributed by atoms with Crippen molar-refractivity contribution in [1.29, 1.82) is 0 Å². The van der Waals surface area contributed by atoms with Gasteiger partial charge in [-0.1, -0.05) is 12.2 Å². The van der Waals surface area contributed by atoms with Crippen LogP contribution in [0.25, 0.3) is 0 Å². The van der Waals surface area contributed by atoms with Gasteiger partial charge in [0.15, 0.2) is 0 Å². The number of rotatable bonds is 1. The normalized spacial score (nSPS) is 25.1. The van der Waals surface area contributed by atoms with Crippen LogP contribution in [0.1, 0.15) is 19.0 Å². The maximum absolute atomic E-state index is 13.5. The lowest BCUT2D eigenvalue weighted by Crippen LogP contribution is -2.24. The molecule has 2 rings (SSSR count). The van der Waals surface area contributed by atoms with E-state index in [2.05, 4.69) is 4.98 Å². The maximum atomic E-state index is 13.5. The second-order valence-corrected chi connectivity index (χ2v) is 3.95. The average Bonchev–Trinajstić information content (AvgIpc) is 2.17. The summed E-state index contributed by atoms with van der Waals surface area (Å²) in [5.74, 6) is -0.0793. The molecule has 0 spiro atoms. The van der Waals surface area contributed by atoms with Crippen molar-refractivity contribution in [3.8, 4) is 0 Å². The van der Waals surface area contributed by atoms with Crippen LogP contribution in [0.4, 0.5) is 4.39 Å². The molecule has 1 unspecified atom stereocenters. The molecule has 0 aromatic carbocycles. The van der Waals surface area contributed by atoms with E-state index >= 15 is 0 Å². The number of halogens is 1. The van der Waals surface area contributed by atoms with Crippen molar-refractivity contribution >= 4 is 0 Å². The first-order valence-corrected chi connectivity index (χ1v) is 4.80. The van der Waals surface area contributed by atoms with Crippen LogP contribution in [0, 0.1) is 5.82 Å². The number of allylic oxidation sites excluding steroid dienone is 4. The van der Waals surface area contributed by atoms with E-state index in [0.29, 0.717) is 12.1 Å². The monoisotopic (exact) mass is 205 g/mol. The van der Waals surface area contributed by atoms with E-state index in [9.17, 15) is 9.50 Å². The number of aliphatic hydroxyl groups is 1. The molecule has 1 aliphatic rings. The van der Waals surface area contributed by atoms with Crippen molar-refractivity contribution in [1.82, 2.24) is 4.98 Å². The van der Waals surface area contributed by atoms with E-state index < -0.39 is 5.41 Å². The molecule has 15 heavy (non-hydrogen) atoms. The van der Waals surface area contributed by atoms with Gasteiger partial charge in [-0.25, -0.2) is 4.39 Å². The van der Waals surface area contributed by atoms with Crippen molar-refractivity contribution in [3.63, 3.8) is 0 Å². The Morgan fingerprint density at radius 2 is 2.33 bits per heavy atom. The van der Waals surface area contributed by atoms with Crippen molar-refractivity contribution < 1.29 is 9.50 Å². The Morgan fingerprint density at radius 1 is 1.53 bits per heavy atom. The summed E-state index contributed by atoms with van der Waals surface area (Å²) in [5, 5.41) is 9.46. The molecule has 0 amide bonds. The topological polar surface area (TPSA) is 33.1 Å². The lowest BCUT2D eigenvalue weighted by Gasteiger charge is -2.27. The van der Waals surface area contributed by atoms with Crippen LogP contribution in [-0.2, 0) is 5.41 Å². The van der Waals surface area contributed by atoms with Crippen LogP contribution in [0.2, 0.25) is 0 Å². The molecular weight excluding hydrogens is 193 g/mol.